The summed E-state index contributed by atoms with van der Waals surface area (Å²) in [6.07, 6.45) is 0.271. The van der Waals surface area contributed by atoms with Gasteiger partial charge in [0.15, 0.2) is 11.5 Å². The van der Waals surface area contributed by atoms with E-state index in [0.29, 0.717) is 28.6 Å². The number of hydrogen-bond donors (Lipinski definition) is 2. The van der Waals surface area contributed by atoms with Crippen molar-refractivity contribution in [2.45, 2.75) is 12.8 Å². The van der Waals surface area contributed by atoms with Crippen LogP contribution >= 0.6 is 0 Å². The summed E-state index contributed by atoms with van der Waals surface area (Å²) in [5.74, 6) is 0.395. The van der Waals surface area contributed by atoms with Crippen LogP contribution < -0.4 is 24.8 Å². The van der Waals surface area contributed by atoms with Crippen molar-refractivity contribution < 1.29 is 28.6 Å². The quantitative estimate of drug-likeness (QED) is 0.650. The topological polar surface area (TPSA) is 119 Å². The van der Waals surface area contributed by atoms with E-state index in [4.69, 9.17) is 14.2 Å². The number of benzene rings is 2. The maximum Gasteiger partial charge on any atom is 0.271 e. The number of nitrogens with one attached hydrogen (secondary N) is 2. The molecule has 2 aromatic rings. The number of hydrazone groups is 1. The van der Waals surface area contributed by atoms with Crippen LogP contribution in [0.4, 0.5) is 11.4 Å². The normalized spacial score (nSPS) is 13.2. The van der Waals surface area contributed by atoms with Gasteiger partial charge in [-0.25, -0.2) is 5.01 Å². The minimum atomic E-state index is -0.467. The zero-order chi connectivity index (χ0) is 23.1. The summed E-state index contributed by atoms with van der Waals surface area (Å²) >= 11 is 0. The van der Waals surface area contributed by atoms with Crippen molar-refractivity contribution in [3.05, 3.63) is 42.5 Å². The van der Waals surface area contributed by atoms with Gasteiger partial charge in [-0.15, -0.1) is 0 Å². The molecule has 0 atom stereocenters. The fourth-order valence-corrected chi connectivity index (χ4v) is 3.02. The Hall–Kier alpha value is -4.08. The van der Waals surface area contributed by atoms with Crippen LogP contribution in [0, 0.1) is 0 Å². The van der Waals surface area contributed by atoms with Gasteiger partial charge in [-0.2, -0.15) is 5.10 Å². The van der Waals surface area contributed by atoms with Crippen LogP contribution in [0.25, 0.3) is 0 Å². The molecule has 1 heterocycles. The number of carbonyl (C=O) groups is 3. The Morgan fingerprint density at radius 2 is 1.59 bits per heavy atom. The van der Waals surface area contributed by atoms with Gasteiger partial charge in [0.05, 0.1) is 21.3 Å². The standard InChI is InChI=1S/C22H24N4O6/c1-30-16-7-4-14(5-8-16)24-22(29)17-9-11-21(28)26(25-17)13-20(27)23-15-6-10-18(31-2)19(12-15)32-3/h4-8,10,12H,9,11,13H2,1-3H3,(H,23,27)(H,24,29). The molecule has 0 radical (unpaired) electrons. The van der Waals surface area contributed by atoms with Gasteiger partial charge in [-0.3, -0.25) is 14.4 Å². The minimum absolute atomic E-state index is 0.0818. The van der Waals surface area contributed by atoms with Crippen LogP contribution in [0.5, 0.6) is 17.2 Å². The lowest BCUT2D eigenvalue weighted by molar-refractivity contribution is -0.135. The molecule has 10 nitrogen and oxygen atoms in total. The first-order chi connectivity index (χ1) is 15.4. The molecule has 32 heavy (non-hydrogen) atoms. The van der Waals surface area contributed by atoms with E-state index < -0.39 is 11.8 Å². The zero-order valence-electron chi connectivity index (χ0n) is 18.0. The van der Waals surface area contributed by atoms with Gasteiger partial charge in [-0.05, 0) is 36.4 Å². The molecule has 2 aromatic carbocycles. The molecular formula is C22H24N4O6. The maximum atomic E-state index is 12.5. The lowest BCUT2D eigenvalue weighted by Gasteiger charge is -2.22. The highest BCUT2D eigenvalue weighted by atomic mass is 16.5. The van der Waals surface area contributed by atoms with Crippen molar-refractivity contribution in [2.24, 2.45) is 5.10 Å². The second-order valence-corrected chi connectivity index (χ2v) is 6.80. The van der Waals surface area contributed by atoms with Crippen molar-refractivity contribution >= 4 is 34.8 Å². The van der Waals surface area contributed by atoms with E-state index >= 15 is 0 Å². The molecule has 0 fully saturated rings. The van der Waals surface area contributed by atoms with Gasteiger partial charge < -0.3 is 24.8 Å². The first-order valence-corrected chi connectivity index (χ1v) is 9.78. The predicted octanol–water partition coefficient (Wildman–Crippen LogP) is 2.27. The molecule has 3 amide bonds. The summed E-state index contributed by atoms with van der Waals surface area (Å²) in [6, 6.07) is 11.7. The van der Waals surface area contributed by atoms with Crippen LogP contribution in [-0.2, 0) is 14.4 Å². The summed E-state index contributed by atoms with van der Waals surface area (Å²) in [4.78, 5) is 37.2. The third-order valence-corrected chi connectivity index (χ3v) is 4.68. The van der Waals surface area contributed by atoms with Gasteiger partial charge >= 0.3 is 0 Å². The molecule has 3 rings (SSSR count). The van der Waals surface area contributed by atoms with Crippen LogP contribution in [0.2, 0.25) is 0 Å². The summed E-state index contributed by atoms with van der Waals surface area (Å²) in [5, 5.41) is 10.5. The molecule has 0 unspecified atom stereocenters. The number of ether oxygens (including phenoxy) is 3. The molecule has 1 aliphatic rings. The summed E-state index contributed by atoms with van der Waals surface area (Å²) < 4.78 is 15.5. The molecule has 0 saturated carbocycles. The van der Waals surface area contributed by atoms with Crippen LogP contribution in [-0.4, -0.2) is 56.3 Å². The minimum Gasteiger partial charge on any atom is -0.497 e. The predicted molar refractivity (Wildman–Crippen MR) is 118 cm³/mol. The second-order valence-electron chi connectivity index (χ2n) is 6.80. The number of anilines is 2. The Kier molecular flexibility index (Phi) is 7.27. The Balaban J connectivity index is 1.64. The number of methoxy groups -OCH3 is 3. The fourth-order valence-electron chi connectivity index (χ4n) is 3.02. The maximum absolute atomic E-state index is 12.5. The Morgan fingerprint density at radius 3 is 2.25 bits per heavy atom. The van der Waals surface area contributed by atoms with E-state index in [9.17, 15) is 14.4 Å². The smallest absolute Gasteiger partial charge is 0.271 e. The Morgan fingerprint density at radius 1 is 0.906 bits per heavy atom. The van der Waals surface area contributed by atoms with E-state index in [1.54, 1.807) is 49.6 Å². The average molecular weight is 440 g/mol. The molecule has 0 aromatic heterocycles. The van der Waals surface area contributed by atoms with Crippen molar-refractivity contribution in [1.82, 2.24) is 5.01 Å². The Bertz CT molecular complexity index is 1040. The summed E-state index contributed by atoms with van der Waals surface area (Å²) in [6.45, 7) is -0.327. The van der Waals surface area contributed by atoms with Crippen molar-refractivity contribution in [3.63, 3.8) is 0 Å². The Labute approximate surface area is 185 Å². The molecule has 0 aliphatic carbocycles. The number of carbonyl (C=O) groups excluding carboxylic acids is 3. The molecule has 168 valence electrons. The number of hydrogen-bond acceptors (Lipinski definition) is 7. The third kappa shape index (κ3) is 5.54. The summed E-state index contributed by atoms with van der Waals surface area (Å²) in [7, 11) is 4.55. The van der Waals surface area contributed by atoms with Crippen LogP contribution in [0.3, 0.4) is 0 Å². The largest absolute Gasteiger partial charge is 0.497 e. The monoisotopic (exact) mass is 440 g/mol. The third-order valence-electron chi connectivity index (χ3n) is 4.68. The first-order valence-electron chi connectivity index (χ1n) is 9.78. The lowest BCUT2D eigenvalue weighted by Crippen LogP contribution is -2.40. The van der Waals surface area contributed by atoms with Gasteiger partial charge in [0.25, 0.3) is 5.91 Å². The molecule has 1 aliphatic heterocycles. The molecule has 0 bridgehead atoms. The molecule has 10 heteroatoms. The zero-order valence-corrected chi connectivity index (χ0v) is 18.0. The van der Waals surface area contributed by atoms with Gasteiger partial charge in [0.1, 0.15) is 18.0 Å². The highest BCUT2D eigenvalue weighted by Crippen LogP contribution is 2.29. The highest BCUT2D eigenvalue weighted by Gasteiger charge is 2.26. The lowest BCUT2D eigenvalue weighted by atomic mass is 10.1. The van der Waals surface area contributed by atoms with Crippen molar-refractivity contribution in [3.8, 4) is 17.2 Å². The van der Waals surface area contributed by atoms with Gasteiger partial charge in [-0.1, -0.05) is 0 Å². The summed E-state index contributed by atoms with van der Waals surface area (Å²) in [5.41, 5.74) is 1.20. The number of rotatable bonds is 8. The first kappa shape index (κ1) is 22.6. The SMILES string of the molecule is COc1ccc(NC(=O)C2=NN(CC(=O)Nc3ccc(OC)c(OC)c3)C(=O)CC2)cc1. The molecular weight excluding hydrogens is 416 g/mol. The van der Waals surface area contributed by atoms with E-state index in [0.717, 1.165) is 5.01 Å². The number of nitrogens with zero attached hydrogens (tertiary/aromatic N) is 2. The molecule has 2 N–H and O–H groups in total. The van der Waals surface area contributed by atoms with E-state index in [2.05, 4.69) is 15.7 Å². The molecule has 0 saturated heterocycles. The van der Waals surface area contributed by atoms with E-state index in [-0.39, 0.29) is 31.0 Å². The number of amides is 3. The fraction of sp³-hybridized carbons (Fsp3) is 0.273. The van der Waals surface area contributed by atoms with Crippen molar-refractivity contribution in [1.29, 1.82) is 0 Å². The van der Waals surface area contributed by atoms with Crippen molar-refractivity contribution in [2.75, 3.05) is 38.5 Å². The average Bonchev–Trinajstić information content (AvgIpc) is 2.80. The van der Waals surface area contributed by atoms with Crippen LogP contribution in [0.1, 0.15) is 12.8 Å². The van der Waals surface area contributed by atoms with E-state index in [1.807, 2.05) is 0 Å². The highest BCUT2D eigenvalue weighted by molar-refractivity contribution is 6.43. The van der Waals surface area contributed by atoms with E-state index in [1.165, 1.54) is 14.2 Å². The van der Waals surface area contributed by atoms with Crippen LogP contribution in [0.15, 0.2) is 47.6 Å². The molecule has 0 spiro atoms. The van der Waals surface area contributed by atoms with Gasteiger partial charge in [0.2, 0.25) is 11.8 Å². The second kappa shape index (κ2) is 10.3. The van der Waals surface area contributed by atoms with Gasteiger partial charge in [0, 0.05) is 30.3 Å².